The number of anilines is 2. The molecular weight excluding hydrogens is 392 g/mol. The molecule has 6 heteroatoms. The molecule has 1 heterocycles. The number of urea groups is 1. The summed E-state index contributed by atoms with van der Waals surface area (Å²) in [6.07, 6.45) is 9.89. The van der Waals surface area contributed by atoms with E-state index in [9.17, 15) is 4.79 Å². The Hall–Kier alpha value is -1.95. The van der Waals surface area contributed by atoms with Crippen LogP contribution in [0, 0.1) is 0 Å². The van der Waals surface area contributed by atoms with E-state index in [1.807, 2.05) is 0 Å². The van der Waals surface area contributed by atoms with Gasteiger partial charge < -0.3 is 5.32 Å². The van der Waals surface area contributed by atoms with Crippen LogP contribution in [0.25, 0.3) is 0 Å². The zero-order chi connectivity index (χ0) is 21.9. The van der Waals surface area contributed by atoms with Gasteiger partial charge in [0.15, 0.2) is 0 Å². The Morgan fingerprint density at radius 2 is 1.50 bits per heavy atom. The molecule has 30 heavy (non-hydrogen) atoms. The van der Waals surface area contributed by atoms with Crippen molar-refractivity contribution in [1.29, 1.82) is 0 Å². The molecule has 0 aliphatic rings. The Bertz CT molecular complexity index is 759. The van der Waals surface area contributed by atoms with Gasteiger partial charge in [-0.05, 0) is 29.4 Å². The molecule has 0 spiro atoms. The van der Waals surface area contributed by atoms with Crippen LogP contribution in [-0.2, 0) is 6.42 Å². The number of aryl methyl sites for hydroxylation is 1. The Morgan fingerprint density at radius 1 is 0.900 bits per heavy atom. The lowest BCUT2D eigenvalue weighted by Crippen LogP contribution is -2.21. The maximum Gasteiger partial charge on any atom is 0.325 e. The van der Waals surface area contributed by atoms with E-state index in [2.05, 4.69) is 73.6 Å². The summed E-state index contributed by atoms with van der Waals surface area (Å²) in [5.41, 5.74) is 3.20. The molecule has 0 fully saturated rings. The number of hydrogen-bond donors (Lipinski definition) is 2. The Kier molecular flexibility index (Phi) is 10.3. The summed E-state index contributed by atoms with van der Waals surface area (Å²) in [7, 11) is 0. The highest BCUT2D eigenvalue weighted by atomic mass is 32.1. The first-order chi connectivity index (χ1) is 14.4. The van der Waals surface area contributed by atoms with Crippen molar-refractivity contribution >= 4 is 28.2 Å². The summed E-state index contributed by atoms with van der Waals surface area (Å²) < 4.78 is 0. The molecule has 0 unspecified atom stereocenters. The van der Waals surface area contributed by atoms with Crippen molar-refractivity contribution in [3.8, 4) is 0 Å². The van der Waals surface area contributed by atoms with Crippen molar-refractivity contribution in [3.05, 3.63) is 34.3 Å². The molecule has 2 aromatic rings. The summed E-state index contributed by atoms with van der Waals surface area (Å²) in [6, 6.07) is 5.97. The fraction of sp³-hybridized carbons (Fsp3) is 0.625. The summed E-state index contributed by atoms with van der Waals surface area (Å²) in [5, 5.41) is 15.9. The number of aromatic nitrogens is 2. The zero-order valence-electron chi connectivity index (χ0n) is 19.3. The van der Waals surface area contributed by atoms with Crippen molar-refractivity contribution in [1.82, 2.24) is 10.2 Å². The minimum atomic E-state index is -0.261. The molecule has 166 valence electrons. The number of nitrogens with zero attached hydrogens (tertiary/aromatic N) is 2. The highest BCUT2D eigenvalue weighted by Crippen LogP contribution is 2.32. The lowest BCUT2D eigenvalue weighted by molar-refractivity contribution is 0.262. The third-order valence-electron chi connectivity index (χ3n) is 5.29. The first kappa shape index (κ1) is 24.3. The lowest BCUT2D eigenvalue weighted by Gasteiger charge is -2.20. The van der Waals surface area contributed by atoms with Crippen LogP contribution < -0.4 is 10.6 Å². The van der Waals surface area contributed by atoms with E-state index in [-0.39, 0.29) is 6.03 Å². The van der Waals surface area contributed by atoms with Crippen molar-refractivity contribution in [2.24, 2.45) is 0 Å². The highest BCUT2D eigenvalue weighted by Gasteiger charge is 2.17. The van der Waals surface area contributed by atoms with Gasteiger partial charge in [0.2, 0.25) is 5.13 Å². The Labute approximate surface area is 186 Å². The van der Waals surface area contributed by atoms with E-state index in [0.717, 1.165) is 34.7 Å². The number of unbranched alkanes of at least 4 members (excludes halogenated alkanes) is 6. The van der Waals surface area contributed by atoms with Crippen LogP contribution in [0.5, 0.6) is 0 Å². The summed E-state index contributed by atoms with van der Waals surface area (Å²) in [6.45, 7) is 10.8. The summed E-state index contributed by atoms with van der Waals surface area (Å²) >= 11 is 1.47. The van der Waals surface area contributed by atoms with Crippen LogP contribution in [0.4, 0.5) is 15.6 Å². The average molecular weight is 431 g/mol. The van der Waals surface area contributed by atoms with Crippen molar-refractivity contribution in [3.63, 3.8) is 0 Å². The molecule has 5 nitrogen and oxygen atoms in total. The van der Waals surface area contributed by atoms with E-state index in [1.165, 1.54) is 49.9 Å². The second kappa shape index (κ2) is 12.7. The molecule has 1 aromatic heterocycles. The predicted molar refractivity (Wildman–Crippen MR) is 129 cm³/mol. The van der Waals surface area contributed by atoms with Gasteiger partial charge in [-0.15, -0.1) is 10.2 Å². The standard InChI is InChI=1S/C24H38N4OS/c1-6-7-8-9-10-11-12-16-21-27-28-24(30-21)26-23(29)25-22-19(17(2)3)14-13-15-20(22)18(4)5/h13-15,17-18H,6-12,16H2,1-5H3,(H2,25,26,28,29). The Balaban J connectivity index is 1.88. The quantitative estimate of drug-likeness (QED) is 0.339. The van der Waals surface area contributed by atoms with Gasteiger partial charge in [0, 0.05) is 12.1 Å². The summed E-state index contributed by atoms with van der Waals surface area (Å²) in [4.78, 5) is 12.6. The first-order valence-electron chi connectivity index (χ1n) is 11.5. The number of rotatable bonds is 12. The van der Waals surface area contributed by atoms with Gasteiger partial charge in [-0.3, -0.25) is 5.32 Å². The molecule has 1 aromatic carbocycles. The average Bonchev–Trinajstić information content (AvgIpc) is 3.14. The van der Waals surface area contributed by atoms with Gasteiger partial charge in [-0.2, -0.15) is 0 Å². The van der Waals surface area contributed by atoms with Gasteiger partial charge in [0.1, 0.15) is 5.01 Å². The first-order valence-corrected chi connectivity index (χ1v) is 12.3. The van der Waals surface area contributed by atoms with Crippen LogP contribution in [-0.4, -0.2) is 16.2 Å². The van der Waals surface area contributed by atoms with E-state index >= 15 is 0 Å². The smallest absolute Gasteiger partial charge is 0.307 e. The van der Waals surface area contributed by atoms with Gasteiger partial charge in [0.05, 0.1) is 0 Å². The molecule has 0 aliphatic heterocycles. The number of para-hydroxylation sites is 1. The van der Waals surface area contributed by atoms with E-state index in [0.29, 0.717) is 17.0 Å². The van der Waals surface area contributed by atoms with E-state index in [1.54, 1.807) is 0 Å². The van der Waals surface area contributed by atoms with Gasteiger partial charge >= 0.3 is 6.03 Å². The molecule has 2 rings (SSSR count). The second-order valence-corrected chi connectivity index (χ2v) is 9.63. The molecule has 0 aliphatic carbocycles. The summed E-state index contributed by atoms with van der Waals surface area (Å²) in [5.74, 6) is 0.656. The normalized spacial score (nSPS) is 11.3. The number of carbonyl (C=O) groups is 1. The number of benzene rings is 1. The molecule has 2 N–H and O–H groups in total. The number of hydrogen-bond acceptors (Lipinski definition) is 4. The van der Waals surface area contributed by atoms with Crippen LogP contribution in [0.1, 0.15) is 108 Å². The van der Waals surface area contributed by atoms with Crippen molar-refractivity contribution in [2.45, 2.75) is 97.8 Å². The maximum atomic E-state index is 12.6. The third kappa shape index (κ3) is 7.71. The predicted octanol–water partition coefficient (Wildman–Crippen LogP) is 7.72. The SMILES string of the molecule is CCCCCCCCCc1nnc(NC(=O)Nc2c(C(C)C)cccc2C(C)C)s1. The zero-order valence-corrected chi connectivity index (χ0v) is 20.1. The molecule has 0 atom stereocenters. The largest absolute Gasteiger partial charge is 0.325 e. The monoisotopic (exact) mass is 430 g/mol. The highest BCUT2D eigenvalue weighted by molar-refractivity contribution is 7.15. The molecule has 0 bridgehead atoms. The van der Waals surface area contributed by atoms with Crippen molar-refractivity contribution < 1.29 is 4.79 Å². The van der Waals surface area contributed by atoms with Crippen LogP contribution in [0.15, 0.2) is 18.2 Å². The lowest BCUT2D eigenvalue weighted by atomic mass is 9.93. The van der Waals surface area contributed by atoms with Gasteiger partial charge in [-0.25, -0.2) is 4.79 Å². The molecule has 0 radical (unpaired) electrons. The van der Waals surface area contributed by atoms with E-state index < -0.39 is 0 Å². The minimum Gasteiger partial charge on any atom is -0.307 e. The van der Waals surface area contributed by atoms with Crippen LogP contribution >= 0.6 is 11.3 Å². The molecule has 0 saturated carbocycles. The van der Waals surface area contributed by atoms with Crippen LogP contribution in [0.3, 0.4) is 0 Å². The van der Waals surface area contributed by atoms with Crippen molar-refractivity contribution in [2.75, 3.05) is 10.6 Å². The molecule has 2 amide bonds. The van der Waals surface area contributed by atoms with Crippen LogP contribution in [0.2, 0.25) is 0 Å². The molecular formula is C24H38N4OS. The topological polar surface area (TPSA) is 66.9 Å². The second-order valence-electron chi connectivity index (χ2n) is 8.57. The number of nitrogens with one attached hydrogen (secondary N) is 2. The van der Waals surface area contributed by atoms with Gasteiger partial charge in [0.25, 0.3) is 0 Å². The third-order valence-corrected chi connectivity index (χ3v) is 6.19. The Morgan fingerprint density at radius 3 is 2.10 bits per heavy atom. The maximum absolute atomic E-state index is 12.6. The fourth-order valence-electron chi connectivity index (χ4n) is 3.58. The number of carbonyl (C=O) groups excluding carboxylic acids is 1. The van der Waals surface area contributed by atoms with E-state index in [4.69, 9.17) is 0 Å². The molecule has 0 saturated heterocycles. The number of amides is 2. The fourth-order valence-corrected chi connectivity index (χ4v) is 4.35. The minimum absolute atomic E-state index is 0.261. The van der Waals surface area contributed by atoms with Gasteiger partial charge in [-0.1, -0.05) is 103 Å².